The molecule has 1 aliphatic rings. The molecule has 0 aliphatic carbocycles. The van der Waals surface area contributed by atoms with Crippen molar-refractivity contribution in [3.8, 4) is 0 Å². The summed E-state index contributed by atoms with van der Waals surface area (Å²) in [5, 5.41) is 3.79. The van der Waals surface area contributed by atoms with E-state index in [1.807, 2.05) is 43.3 Å². The number of hydrogen-bond acceptors (Lipinski definition) is 5. The third-order valence-electron chi connectivity index (χ3n) is 6.25. The van der Waals surface area contributed by atoms with Crippen molar-refractivity contribution in [1.29, 1.82) is 0 Å². The highest BCUT2D eigenvalue weighted by Crippen LogP contribution is 2.29. The number of anilines is 1. The minimum absolute atomic E-state index is 0.00319. The second-order valence-corrected chi connectivity index (χ2v) is 9.92. The van der Waals surface area contributed by atoms with Gasteiger partial charge in [-0.05, 0) is 55.9 Å². The second kappa shape index (κ2) is 10.5. The number of nitrogens with one attached hydrogen (secondary N) is 1. The summed E-state index contributed by atoms with van der Waals surface area (Å²) in [6, 6.07) is 15.3. The molecule has 0 radical (unpaired) electrons. The average molecular weight is 466 g/mol. The summed E-state index contributed by atoms with van der Waals surface area (Å²) in [4.78, 5) is 31.2. The number of para-hydroxylation sites is 2. The van der Waals surface area contributed by atoms with Crippen LogP contribution in [0.2, 0.25) is 0 Å². The summed E-state index contributed by atoms with van der Waals surface area (Å²) < 4.78 is 7.46. The largest absolute Gasteiger partial charge is 0.376 e. The second-order valence-electron chi connectivity index (χ2n) is 8.61. The molecule has 2 aromatic carbocycles. The number of ether oxygens (including phenoxy) is 1. The van der Waals surface area contributed by atoms with Gasteiger partial charge in [0.1, 0.15) is 0 Å². The number of hydrogen-bond donors (Lipinski definition) is 1. The summed E-state index contributed by atoms with van der Waals surface area (Å²) in [5.41, 5.74) is 2.52. The number of nitrogens with zero attached hydrogens (tertiary/aromatic N) is 2. The maximum Gasteiger partial charge on any atom is 0.262 e. The van der Waals surface area contributed by atoms with Crippen molar-refractivity contribution >= 4 is 34.3 Å². The normalized spacial score (nSPS) is 17.7. The minimum atomic E-state index is -0.432. The number of thioether (sulfide) groups is 1. The first-order valence-corrected chi connectivity index (χ1v) is 12.5. The fourth-order valence-electron chi connectivity index (χ4n) is 4.10. The van der Waals surface area contributed by atoms with Crippen LogP contribution in [0.5, 0.6) is 0 Å². The summed E-state index contributed by atoms with van der Waals surface area (Å²) in [6.07, 6.45) is 2.91. The van der Waals surface area contributed by atoms with E-state index in [-0.39, 0.29) is 17.6 Å². The third-order valence-corrected chi connectivity index (χ3v) is 7.34. The number of fused-ring (bicyclic) bond motifs is 1. The van der Waals surface area contributed by atoms with Crippen molar-refractivity contribution < 1.29 is 9.53 Å². The molecule has 3 unspecified atom stereocenters. The Morgan fingerprint density at radius 1 is 1.21 bits per heavy atom. The summed E-state index contributed by atoms with van der Waals surface area (Å²) in [5.74, 6) is 0.241. The van der Waals surface area contributed by atoms with E-state index >= 15 is 0 Å². The van der Waals surface area contributed by atoms with Gasteiger partial charge in [0.25, 0.3) is 5.56 Å². The van der Waals surface area contributed by atoms with Crippen molar-refractivity contribution in [3.05, 3.63) is 64.4 Å². The van der Waals surface area contributed by atoms with E-state index < -0.39 is 5.25 Å². The van der Waals surface area contributed by atoms with Gasteiger partial charge in [0.15, 0.2) is 5.16 Å². The van der Waals surface area contributed by atoms with E-state index in [0.717, 1.165) is 37.1 Å². The molecule has 1 saturated heterocycles. The highest BCUT2D eigenvalue weighted by Gasteiger charge is 2.24. The number of aromatic nitrogens is 2. The molecule has 0 spiro atoms. The number of benzene rings is 2. The van der Waals surface area contributed by atoms with Crippen molar-refractivity contribution in [2.75, 3.05) is 11.9 Å². The zero-order chi connectivity index (χ0) is 23.4. The fraction of sp³-hybridized carbons (Fsp3) is 0.423. The van der Waals surface area contributed by atoms with E-state index in [1.165, 1.54) is 11.8 Å². The number of carbonyl (C=O) groups is 1. The molecule has 3 aromatic rings. The quantitative estimate of drug-likeness (QED) is 0.365. The smallest absolute Gasteiger partial charge is 0.262 e. The van der Waals surface area contributed by atoms with Crippen LogP contribution in [-0.4, -0.2) is 33.4 Å². The zero-order valence-corrected chi connectivity index (χ0v) is 20.2. The highest BCUT2D eigenvalue weighted by atomic mass is 32.2. The molecule has 33 heavy (non-hydrogen) atoms. The molecule has 6 nitrogen and oxygen atoms in total. The number of amides is 1. The molecule has 174 valence electrons. The van der Waals surface area contributed by atoms with Gasteiger partial charge in [0.2, 0.25) is 5.91 Å². The molecular formula is C26H31N3O3S. The average Bonchev–Trinajstić information content (AvgIpc) is 3.34. The Hall–Kier alpha value is -2.64. The van der Waals surface area contributed by atoms with Gasteiger partial charge in [-0.15, -0.1) is 0 Å². The summed E-state index contributed by atoms with van der Waals surface area (Å²) in [7, 11) is 0. The van der Waals surface area contributed by atoms with Gasteiger partial charge < -0.3 is 10.1 Å². The topological polar surface area (TPSA) is 73.2 Å². The SMILES string of the molecule is CCC(C)c1ccccc1NC(=O)C(C)Sc1nc2ccccc2c(=O)n1CC1CCCO1. The van der Waals surface area contributed by atoms with Gasteiger partial charge in [0.05, 0.1) is 28.8 Å². The molecule has 1 aliphatic heterocycles. The first kappa shape index (κ1) is 23.5. The molecule has 1 amide bonds. The molecule has 0 bridgehead atoms. The van der Waals surface area contributed by atoms with Crippen molar-refractivity contribution in [2.24, 2.45) is 0 Å². The summed E-state index contributed by atoms with van der Waals surface area (Å²) in [6.45, 7) is 7.32. The van der Waals surface area contributed by atoms with E-state index in [1.54, 1.807) is 10.6 Å². The molecular weight excluding hydrogens is 434 g/mol. The van der Waals surface area contributed by atoms with Crippen LogP contribution in [0.4, 0.5) is 5.69 Å². The predicted octanol–water partition coefficient (Wildman–Crippen LogP) is 5.21. The van der Waals surface area contributed by atoms with Crippen LogP contribution in [-0.2, 0) is 16.1 Å². The zero-order valence-electron chi connectivity index (χ0n) is 19.4. The Labute approximate surface area is 198 Å². The molecule has 1 fully saturated rings. The molecule has 3 atom stereocenters. The monoisotopic (exact) mass is 465 g/mol. The molecule has 0 saturated carbocycles. The van der Waals surface area contributed by atoms with Gasteiger partial charge >= 0.3 is 0 Å². The van der Waals surface area contributed by atoms with Gasteiger partial charge in [0, 0.05) is 12.3 Å². The van der Waals surface area contributed by atoms with Crippen LogP contribution >= 0.6 is 11.8 Å². The lowest BCUT2D eigenvalue weighted by atomic mass is 9.97. The van der Waals surface area contributed by atoms with E-state index in [4.69, 9.17) is 9.72 Å². The van der Waals surface area contributed by atoms with Crippen molar-refractivity contribution in [2.45, 2.75) is 69.0 Å². The van der Waals surface area contributed by atoms with Crippen LogP contribution in [0.25, 0.3) is 10.9 Å². The maximum atomic E-state index is 13.3. The van der Waals surface area contributed by atoms with Crippen molar-refractivity contribution in [3.63, 3.8) is 0 Å². The maximum absolute atomic E-state index is 13.3. The summed E-state index contributed by atoms with van der Waals surface area (Å²) >= 11 is 1.31. The molecule has 7 heteroatoms. The van der Waals surface area contributed by atoms with Crippen LogP contribution in [0, 0.1) is 0 Å². The Morgan fingerprint density at radius 2 is 1.97 bits per heavy atom. The Bertz CT molecular complexity index is 1190. The fourth-order valence-corrected chi connectivity index (χ4v) is 5.01. The first-order valence-electron chi connectivity index (χ1n) is 11.7. The third kappa shape index (κ3) is 5.31. The lowest BCUT2D eigenvalue weighted by Gasteiger charge is -2.20. The first-order chi connectivity index (χ1) is 16.0. The predicted molar refractivity (Wildman–Crippen MR) is 134 cm³/mol. The van der Waals surface area contributed by atoms with E-state index in [0.29, 0.717) is 28.5 Å². The van der Waals surface area contributed by atoms with Gasteiger partial charge in [-0.1, -0.05) is 55.9 Å². The highest BCUT2D eigenvalue weighted by molar-refractivity contribution is 8.00. The Morgan fingerprint density at radius 3 is 2.73 bits per heavy atom. The molecule has 1 aromatic heterocycles. The van der Waals surface area contributed by atoms with Gasteiger partial charge in [-0.25, -0.2) is 4.98 Å². The lowest BCUT2D eigenvalue weighted by Crippen LogP contribution is -2.30. The Kier molecular flexibility index (Phi) is 7.50. The number of rotatable bonds is 8. The molecule has 1 N–H and O–H groups in total. The van der Waals surface area contributed by atoms with Gasteiger partial charge in [-0.3, -0.25) is 14.2 Å². The van der Waals surface area contributed by atoms with Crippen LogP contribution in [0.15, 0.2) is 58.5 Å². The Balaban J connectivity index is 1.60. The van der Waals surface area contributed by atoms with Crippen LogP contribution < -0.4 is 10.9 Å². The van der Waals surface area contributed by atoms with E-state index in [9.17, 15) is 9.59 Å². The van der Waals surface area contributed by atoms with Crippen molar-refractivity contribution in [1.82, 2.24) is 9.55 Å². The lowest BCUT2D eigenvalue weighted by molar-refractivity contribution is -0.115. The standard InChI is InChI=1S/C26H31N3O3S/c1-4-17(2)20-11-5-7-13-22(20)27-24(30)18(3)33-26-28-23-14-8-6-12-21(23)25(31)29(26)16-19-10-9-15-32-19/h5-8,11-14,17-19H,4,9-10,15-16H2,1-3H3,(H,27,30). The molecule has 4 rings (SSSR count). The van der Waals surface area contributed by atoms with E-state index in [2.05, 4.69) is 25.2 Å². The minimum Gasteiger partial charge on any atom is -0.376 e. The van der Waals surface area contributed by atoms with Crippen LogP contribution in [0.1, 0.15) is 51.5 Å². The number of carbonyl (C=O) groups excluding carboxylic acids is 1. The van der Waals surface area contributed by atoms with Gasteiger partial charge in [-0.2, -0.15) is 0 Å². The molecule has 2 heterocycles. The van der Waals surface area contributed by atoms with Crippen LogP contribution in [0.3, 0.4) is 0 Å².